The maximum atomic E-state index is 12.4. The Morgan fingerprint density at radius 3 is 2.79 bits per heavy atom. The monoisotopic (exact) mass is 349 g/mol. The van der Waals surface area contributed by atoms with Crippen LogP contribution in [0.25, 0.3) is 11.3 Å². The minimum Gasteiger partial charge on any atom is -0.394 e. The first-order valence-corrected chi connectivity index (χ1v) is 8.21. The number of carbonyl (C=O) groups is 1. The summed E-state index contributed by atoms with van der Waals surface area (Å²) in [6, 6.07) is 9.05. The van der Waals surface area contributed by atoms with E-state index in [1.807, 2.05) is 19.1 Å². The minimum atomic E-state index is -0.295. The largest absolute Gasteiger partial charge is 0.394 e. The van der Waals surface area contributed by atoms with Crippen LogP contribution in [0.5, 0.6) is 0 Å². The molecule has 128 valence electrons. The summed E-state index contributed by atoms with van der Waals surface area (Å²) in [7, 11) is 0. The fourth-order valence-corrected chi connectivity index (χ4v) is 2.77. The number of amides is 1. The van der Waals surface area contributed by atoms with E-state index in [4.69, 9.17) is 11.6 Å². The zero-order chi connectivity index (χ0) is 17.1. The molecule has 1 aliphatic rings. The molecule has 0 radical (unpaired) electrons. The van der Waals surface area contributed by atoms with Crippen molar-refractivity contribution in [3.05, 3.63) is 35.4 Å². The molecule has 1 aromatic carbocycles. The van der Waals surface area contributed by atoms with E-state index in [1.54, 1.807) is 22.9 Å². The number of hydrogen-bond acceptors (Lipinski definition) is 5. The normalized spacial score (nSPS) is 20.3. The standard InChI is InChI=1S/C16H20ClN5O2/c1-10-8-14(20-19-10)16(24)18-15-9-13(21-22(15)6-7-23)11-2-4-12(17)5-3-11/h2-5,9-10,14,19-20,23H,6-8H2,1H3,(H,18,24). The zero-order valence-corrected chi connectivity index (χ0v) is 14.0. The fraction of sp³-hybridized carbons (Fsp3) is 0.375. The number of anilines is 1. The number of rotatable bonds is 5. The van der Waals surface area contributed by atoms with E-state index < -0.39 is 0 Å². The maximum Gasteiger partial charge on any atom is 0.244 e. The molecule has 1 fully saturated rings. The lowest BCUT2D eigenvalue weighted by Gasteiger charge is -2.11. The molecule has 7 nitrogen and oxygen atoms in total. The lowest BCUT2D eigenvalue weighted by Crippen LogP contribution is -2.40. The molecule has 2 unspecified atom stereocenters. The van der Waals surface area contributed by atoms with Crippen LogP contribution >= 0.6 is 11.6 Å². The third-order valence-corrected chi connectivity index (χ3v) is 4.14. The van der Waals surface area contributed by atoms with Gasteiger partial charge in [-0.15, -0.1) is 0 Å². The van der Waals surface area contributed by atoms with Gasteiger partial charge in [-0.05, 0) is 25.5 Å². The summed E-state index contributed by atoms with van der Waals surface area (Å²) in [6.45, 7) is 2.25. The number of aliphatic hydroxyl groups excluding tert-OH is 1. The Hall–Kier alpha value is -1.93. The van der Waals surface area contributed by atoms with E-state index in [0.717, 1.165) is 5.56 Å². The van der Waals surface area contributed by atoms with Crippen LogP contribution in [0.4, 0.5) is 5.82 Å². The van der Waals surface area contributed by atoms with Crippen molar-refractivity contribution in [2.75, 3.05) is 11.9 Å². The molecular weight excluding hydrogens is 330 g/mol. The Kier molecular flexibility index (Phi) is 5.15. The molecule has 2 atom stereocenters. The molecule has 1 aliphatic heterocycles. The maximum absolute atomic E-state index is 12.4. The van der Waals surface area contributed by atoms with Crippen molar-refractivity contribution in [3.8, 4) is 11.3 Å². The van der Waals surface area contributed by atoms with Crippen LogP contribution in [0, 0.1) is 0 Å². The molecule has 1 aromatic heterocycles. The highest BCUT2D eigenvalue weighted by atomic mass is 35.5. The Morgan fingerprint density at radius 2 is 2.17 bits per heavy atom. The average molecular weight is 350 g/mol. The van der Waals surface area contributed by atoms with Crippen molar-refractivity contribution in [2.45, 2.75) is 32.0 Å². The van der Waals surface area contributed by atoms with Crippen LogP contribution < -0.4 is 16.2 Å². The first kappa shape index (κ1) is 16.9. The summed E-state index contributed by atoms with van der Waals surface area (Å²) in [6.07, 6.45) is 0.712. The first-order valence-electron chi connectivity index (χ1n) is 7.83. The van der Waals surface area contributed by atoms with E-state index in [1.165, 1.54) is 0 Å². The Labute approximate surface area is 145 Å². The molecule has 3 rings (SSSR count). The zero-order valence-electron chi connectivity index (χ0n) is 13.3. The minimum absolute atomic E-state index is 0.0646. The number of hydrazine groups is 1. The predicted octanol–water partition coefficient (Wildman–Crippen LogP) is 1.39. The number of aromatic nitrogens is 2. The Balaban J connectivity index is 1.81. The highest BCUT2D eigenvalue weighted by Gasteiger charge is 2.27. The number of nitrogens with zero attached hydrogens (tertiary/aromatic N) is 2. The smallest absolute Gasteiger partial charge is 0.244 e. The topological polar surface area (TPSA) is 91.2 Å². The van der Waals surface area contributed by atoms with Gasteiger partial charge in [0, 0.05) is 22.7 Å². The molecule has 0 bridgehead atoms. The van der Waals surface area contributed by atoms with Gasteiger partial charge in [0.25, 0.3) is 0 Å². The van der Waals surface area contributed by atoms with Gasteiger partial charge in [-0.2, -0.15) is 5.10 Å². The third-order valence-electron chi connectivity index (χ3n) is 3.89. The van der Waals surface area contributed by atoms with Gasteiger partial charge < -0.3 is 10.4 Å². The van der Waals surface area contributed by atoms with Crippen molar-refractivity contribution in [3.63, 3.8) is 0 Å². The van der Waals surface area contributed by atoms with E-state index >= 15 is 0 Å². The van der Waals surface area contributed by atoms with Crippen LogP contribution in [0.15, 0.2) is 30.3 Å². The number of halogens is 1. The van der Waals surface area contributed by atoms with Crippen molar-refractivity contribution in [2.24, 2.45) is 0 Å². The SMILES string of the molecule is CC1CC(C(=O)Nc2cc(-c3ccc(Cl)cc3)nn2CCO)NN1. The van der Waals surface area contributed by atoms with Gasteiger partial charge >= 0.3 is 0 Å². The molecule has 4 N–H and O–H groups in total. The van der Waals surface area contributed by atoms with Gasteiger partial charge in [0.05, 0.1) is 18.8 Å². The summed E-state index contributed by atoms with van der Waals surface area (Å²) >= 11 is 5.91. The fourth-order valence-electron chi connectivity index (χ4n) is 2.64. The summed E-state index contributed by atoms with van der Waals surface area (Å²) < 4.78 is 1.59. The number of aliphatic hydroxyl groups is 1. The van der Waals surface area contributed by atoms with Crippen LogP contribution in [0.3, 0.4) is 0 Å². The highest BCUT2D eigenvalue weighted by molar-refractivity contribution is 6.30. The molecule has 8 heteroatoms. The molecule has 0 saturated carbocycles. The predicted molar refractivity (Wildman–Crippen MR) is 92.5 cm³/mol. The lowest BCUT2D eigenvalue weighted by atomic mass is 10.1. The molecule has 2 aromatic rings. The number of nitrogens with one attached hydrogen (secondary N) is 3. The third kappa shape index (κ3) is 3.76. The molecule has 0 aliphatic carbocycles. The molecule has 1 saturated heterocycles. The van der Waals surface area contributed by atoms with E-state index in [-0.39, 0.29) is 24.6 Å². The van der Waals surface area contributed by atoms with Crippen LogP contribution in [0.2, 0.25) is 5.02 Å². The van der Waals surface area contributed by atoms with Crippen LogP contribution in [0.1, 0.15) is 13.3 Å². The average Bonchev–Trinajstić information content (AvgIpc) is 3.16. The number of benzene rings is 1. The van der Waals surface area contributed by atoms with Crippen LogP contribution in [-0.4, -0.2) is 39.5 Å². The molecule has 2 heterocycles. The van der Waals surface area contributed by atoms with Crippen molar-refractivity contribution < 1.29 is 9.90 Å². The second kappa shape index (κ2) is 7.31. The molecular formula is C16H20ClN5O2. The van der Waals surface area contributed by atoms with Crippen molar-refractivity contribution >= 4 is 23.3 Å². The van der Waals surface area contributed by atoms with Gasteiger partial charge in [-0.3, -0.25) is 10.2 Å². The van der Waals surface area contributed by atoms with Gasteiger partial charge in [0.2, 0.25) is 5.91 Å². The summed E-state index contributed by atoms with van der Waals surface area (Å²) in [5.74, 6) is 0.425. The number of hydrogen-bond donors (Lipinski definition) is 4. The summed E-state index contributed by atoms with van der Waals surface area (Å²) in [5, 5.41) is 17.2. The first-order chi connectivity index (χ1) is 11.6. The van der Waals surface area contributed by atoms with E-state index in [2.05, 4.69) is 21.3 Å². The van der Waals surface area contributed by atoms with E-state index in [9.17, 15) is 9.90 Å². The Morgan fingerprint density at radius 1 is 1.42 bits per heavy atom. The summed E-state index contributed by atoms with van der Waals surface area (Å²) in [4.78, 5) is 12.4. The molecule has 0 spiro atoms. The van der Waals surface area contributed by atoms with Crippen LogP contribution in [-0.2, 0) is 11.3 Å². The second-order valence-corrected chi connectivity index (χ2v) is 6.27. The van der Waals surface area contributed by atoms with Gasteiger partial charge in [-0.1, -0.05) is 23.7 Å². The summed E-state index contributed by atoms with van der Waals surface area (Å²) in [5.41, 5.74) is 7.59. The second-order valence-electron chi connectivity index (χ2n) is 5.84. The quantitative estimate of drug-likeness (QED) is 0.655. The lowest BCUT2D eigenvalue weighted by molar-refractivity contribution is -0.117. The Bertz CT molecular complexity index is 716. The van der Waals surface area contributed by atoms with Gasteiger partial charge in [0.1, 0.15) is 11.9 Å². The highest BCUT2D eigenvalue weighted by Crippen LogP contribution is 2.24. The number of carbonyl (C=O) groups excluding carboxylic acids is 1. The van der Waals surface area contributed by atoms with Crippen molar-refractivity contribution in [1.29, 1.82) is 0 Å². The van der Waals surface area contributed by atoms with E-state index in [0.29, 0.717) is 29.5 Å². The van der Waals surface area contributed by atoms with Crippen molar-refractivity contribution in [1.82, 2.24) is 20.6 Å². The van der Waals surface area contributed by atoms with Gasteiger partial charge in [-0.25, -0.2) is 10.1 Å². The molecule has 1 amide bonds. The molecule has 24 heavy (non-hydrogen) atoms. The van der Waals surface area contributed by atoms with Gasteiger partial charge in [0.15, 0.2) is 0 Å².